The van der Waals surface area contributed by atoms with Gasteiger partial charge in [0.15, 0.2) is 5.96 Å². The molecule has 0 aliphatic carbocycles. The summed E-state index contributed by atoms with van der Waals surface area (Å²) in [5.41, 5.74) is 6.56. The van der Waals surface area contributed by atoms with Crippen LogP contribution in [0, 0.1) is 5.82 Å². The van der Waals surface area contributed by atoms with Gasteiger partial charge in [0, 0.05) is 19.2 Å². The van der Waals surface area contributed by atoms with E-state index in [2.05, 4.69) is 10.3 Å². The largest absolute Gasteiger partial charge is 0.392 e. The Kier molecular flexibility index (Phi) is 6.98. The van der Waals surface area contributed by atoms with Crippen molar-refractivity contribution in [2.24, 2.45) is 10.7 Å². The molecule has 0 heterocycles. The molecule has 6 heteroatoms. The van der Waals surface area contributed by atoms with Crippen LogP contribution in [0.5, 0.6) is 0 Å². The van der Waals surface area contributed by atoms with E-state index in [9.17, 15) is 4.39 Å². The molecule has 0 atom stereocenters. The van der Waals surface area contributed by atoms with Gasteiger partial charge in [0.2, 0.25) is 0 Å². The molecular weight excluding hydrogens is 324 g/mol. The third-order valence-corrected chi connectivity index (χ3v) is 2.00. The summed E-state index contributed by atoms with van der Waals surface area (Å²) < 4.78 is 13.0. The number of halogens is 2. The summed E-state index contributed by atoms with van der Waals surface area (Å²) in [7, 11) is 1.58. The van der Waals surface area contributed by atoms with Crippen molar-refractivity contribution in [3.63, 3.8) is 0 Å². The van der Waals surface area contributed by atoms with Crippen molar-refractivity contribution in [3.8, 4) is 0 Å². The molecule has 1 rings (SSSR count). The van der Waals surface area contributed by atoms with Gasteiger partial charge >= 0.3 is 0 Å². The Morgan fingerprint density at radius 3 is 2.81 bits per heavy atom. The van der Waals surface area contributed by atoms with E-state index in [1.54, 1.807) is 19.2 Å². The van der Waals surface area contributed by atoms with Crippen molar-refractivity contribution in [1.29, 1.82) is 0 Å². The Labute approximate surface area is 111 Å². The van der Waals surface area contributed by atoms with E-state index in [0.29, 0.717) is 12.5 Å². The predicted molar refractivity (Wildman–Crippen MR) is 72.1 cm³/mol. The number of hydrogen-bond acceptors (Lipinski definition) is 2. The van der Waals surface area contributed by atoms with Crippen LogP contribution in [0.1, 0.15) is 11.1 Å². The summed E-state index contributed by atoms with van der Waals surface area (Å²) in [5.74, 6) is -0.0803. The van der Waals surface area contributed by atoms with E-state index in [1.165, 1.54) is 6.07 Å². The highest BCUT2D eigenvalue weighted by molar-refractivity contribution is 14.0. The Morgan fingerprint density at radius 1 is 1.56 bits per heavy atom. The van der Waals surface area contributed by atoms with Crippen molar-refractivity contribution in [2.45, 2.75) is 13.2 Å². The Bertz CT molecular complexity index is 371. The van der Waals surface area contributed by atoms with Gasteiger partial charge in [-0.25, -0.2) is 4.39 Å². The maximum Gasteiger partial charge on any atom is 0.188 e. The normalized spacial score (nSPS) is 10.8. The van der Waals surface area contributed by atoms with Crippen molar-refractivity contribution < 1.29 is 9.50 Å². The number of hydrogen-bond donors (Lipinski definition) is 3. The van der Waals surface area contributed by atoms with Crippen molar-refractivity contribution in [3.05, 3.63) is 35.1 Å². The molecule has 0 aliphatic heterocycles. The Balaban J connectivity index is 0.00000225. The van der Waals surface area contributed by atoms with E-state index in [4.69, 9.17) is 10.8 Å². The first-order valence-corrected chi connectivity index (χ1v) is 4.51. The van der Waals surface area contributed by atoms with Gasteiger partial charge in [0.25, 0.3) is 0 Å². The molecule has 1 aromatic rings. The fourth-order valence-corrected chi connectivity index (χ4v) is 1.13. The van der Waals surface area contributed by atoms with Crippen LogP contribution >= 0.6 is 24.0 Å². The number of aliphatic hydroxyl groups is 1. The zero-order valence-electron chi connectivity index (χ0n) is 8.90. The van der Waals surface area contributed by atoms with E-state index < -0.39 is 5.82 Å². The monoisotopic (exact) mass is 339 g/mol. The summed E-state index contributed by atoms with van der Waals surface area (Å²) in [4.78, 5) is 3.72. The van der Waals surface area contributed by atoms with E-state index in [0.717, 1.165) is 5.56 Å². The molecular formula is C10H15FIN3O. The predicted octanol–water partition coefficient (Wildman–Crippen LogP) is 0.970. The second-order valence-electron chi connectivity index (χ2n) is 3.05. The smallest absolute Gasteiger partial charge is 0.188 e. The summed E-state index contributed by atoms with van der Waals surface area (Å²) in [6, 6.07) is 4.54. The first-order valence-electron chi connectivity index (χ1n) is 4.51. The molecule has 4 nitrogen and oxygen atoms in total. The van der Waals surface area contributed by atoms with Gasteiger partial charge < -0.3 is 16.2 Å². The lowest BCUT2D eigenvalue weighted by molar-refractivity contribution is 0.275. The number of benzene rings is 1. The van der Waals surface area contributed by atoms with Crippen LogP contribution in [0.2, 0.25) is 0 Å². The molecule has 0 bridgehead atoms. The number of aliphatic hydroxyl groups excluding tert-OH is 1. The maximum absolute atomic E-state index is 13.0. The van der Waals surface area contributed by atoms with Crippen molar-refractivity contribution >= 4 is 29.9 Å². The molecule has 0 amide bonds. The van der Waals surface area contributed by atoms with Gasteiger partial charge in [0.1, 0.15) is 5.82 Å². The standard InChI is InChI=1S/C10H14FN3O.HI/c1-13-10(12)14-5-7-2-3-9(11)8(4-7)6-15;/h2-4,15H,5-6H2,1H3,(H3,12,13,14);1H. The van der Waals surface area contributed by atoms with Crippen LogP contribution in [0.25, 0.3) is 0 Å². The molecule has 0 fully saturated rings. The average molecular weight is 339 g/mol. The highest BCUT2D eigenvalue weighted by Crippen LogP contribution is 2.10. The molecule has 0 radical (unpaired) electrons. The topological polar surface area (TPSA) is 70.6 Å². The first-order chi connectivity index (χ1) is 7.17. The van der Waals surface area contributed by atoms with Gasteiger partial charge in [-0.2, -0.15) is 0 Å². The summed E-state index contributed by atoms with van der Waals surface area (Å²) >= 11 is 0. The zero-order chi connectivity index (χ0) is 11.3. The van der Waals surface area contributed by atoms with Crippen LogP contribution in [-0.2, 0) is 13.2 Å². The number of nitrogens with one attached hydrogen (secondary N) is 1. The molecule has 90 valence electrons. The van der Waals surface area contributed by atoms with Gasteiger partial charge in [-0.05, 0) is 17.7 Å². The van der Waals surface area contributed by atoms with Crippen molar-refractivity contribution in [2.75, 3.05) is 7.05 Å². The summed E-state index contributed by atoms with van der Waals surface area (Å²) in [6.45, 7) is 0.146. The molecule has 1 aromatic carbocycles. The van der Waals surface area contributed by atoms with Crippen LogP contribution in [0.4, 0.5) is 4.39 Å². The SMILES string of the molecule is CN=C(N)NCc1ccc(F)c(CO)c1.I. The van der Waals surface area contributed by atoms with Crippen LogP contribution in [-0.4, -0.2) is 18.1 Å². The number of guanidine groups is 1. The summed E-state index contributed by atoms with van der Waals surface area (Å²) in [5, 5.41) is 11.7. The Morgan fingerprint density at radius 2 is 2.25 bits per heavy atom. The van der Waals surface area contributed by atoms with Gasteiger partial charge in [-0.15, -0.1) is 24.0 Å². The lowest BCUT2D eigenvalue weighted by atomic mass is 10.1. The van der Waals surface area contributed by atoms with Crippen molar-refractivity contribution in [1.82, 2.24) is 5.32 Å². The fourth-order valence-electron chi connectivity index (χ4n) is 1.13. The van der Waals surface area contributed by atoms with Gasteiger partial charge in [0.05, 0.1) is 6.61 Å². The lowest BCUT2D eigenvalue weighted by Crippen LogP contribution is -2.30. The second kappa shape index (κ2) is 7.39. The fraction of sp³-hybridized carbons (Fsp3) is 0.300. The highest BCUT2D eigenvalue weighted by atomic mass is 127. The third-order valence-electron chi connectivity index (χ3n) is 2.00. The van der Waals surface area contributed by atoms with E-state index >= 15 is 0 Å². The molecule has 0 aliphatic rings. The molecule has 4 N–H and O–H groups in total. The maximum atomic E-state index is 13.0. The number of nitrogens with zero attached hydrogens (tertiary/aromatic N) is 1. The summed E-state index contributed by atoms with van der Waals surface area (Å²) in [6.07, 6.45) is 0. The average Bonchev–Trinajstić information content (AvgIpc) is 2.27. The molecule has 0 saturated heterocycles. The third kappa shape index (κ3) is 4.31. The first kappa shape index (κ1) is 15.1. The number of nitrogens with two attached hydrogens (primary N) is 1. The Hall–Kier alpha value is -0.890. The minimum Gasteiger partial charge on any atom is -0.392 e. The van der Waals surface area contributed by atoms with Crippen LogP contribution in [0.3, 0.4) is 0 Å². The molecule has 0 aromatic heterocycles. The molecule has 16 heavy (non-hydrogen) atoms. The van der Waals surface area contributed by atoms with Crippen LogP contribution in [0.15, 0.2) is 23.2 Å². The molecule has 0 spiro atoms. The zero-order valence-corrected chi connectivity index (χ0v) is 11.2. The molecule has 0 unspecified atom stereocenters. The minimum atomic E-state index is -0.404. The second-order valence-corrected chi connectivity index (χ2v) is 3.05. The van der Waals surface area contributed by atoms with Gasteiger partial charge in [-0.3, -0.25) is 4.99 Å². The van der Waals surface area contributed by atoms with Crippen LogP contribution < -0.4 is 11.1 Å². The minimum absolute atomic E-state index is 0. The van der Waals surface area contributed by atoms with E-state index in [1.807, 2.05) is 0 Å². The quantitative estimate of drug-likeness (QED) is 0.437. The number of aliphatic imine (C=N–C) groups is 1. The number of rotatable bonds is 3. The highest BCUT2D eigenvalue weighted by Gasteiger charge is 2.02. The van der Waals surface area contributed by atoms with Gasteiger partial charge in [-0.1, -0.05) is 6.07 Å². The lowest BCUT2D eigenvalue weighted by Gasteiger charge is -2.06. The molecule has 0 saturated carbocycles. The van der Waals surface area contributed by atoms with E-state index in [-0.39, 0.29) is 36.1 Å².